The van der Waals surface area contributed by atoms with Gasteiger partial charge < -0.3 is 5.32 Å². The Morgan fingerprint density at radius 2 is 1.84 bits per heavy atom. The first-order valence-corrected chi connectivity index (χ1v) is 12.3. The van der Waals surface area contributed by atoms with Crippen molar-refractivity contribution in [3.8, 4) is 0 Å². The largest absolute Gasteiger partial charge is 0.354 e. The number of anilines is 1. The van der Waals surface area contributed by atoms with E-state index >= 15 is 0 Å². The monoisotopic (exact) mass is 475 g/mol. The third kappa shape index (κ3) is 6.22. The summed E-state index contributed by atoms with van der Waals surface area (Å²) in [6, 6.07) is 18.6. The molecule has 2 aromatic carbocycles. The number of pyridine rings is 1. The Bertz CT molecular complexity index is 1130. The number of carbonyl (C=O) groups excluding carboxylic acids is 1. The van der Waals surface area contributed by atoms with Crippen molar-refractivity contribution in [2.45, 2.75) is 16.8 Å². The van der Waals surface area contributed by atoms with Gasteiger partial charge in [-0.15, -0.1) is 11.8 Å². The molecule has 6 nitrogen and oxygen atoms in total. The van der Waals surface area contributed by atoms with Gasteiger partial charge in [0.05, 0.1) is 15.6 Å². The molecule has 0 aliphatic heterocycles. The number of hydrogen-bond acceptors (Lipinski definition) is 5. The quantitative estimate of drug-likeness (QED) is 0.371. The number of rotatable bonds is 9. The summed E-state index contributed by atoms with van der Waals surface area (Å²) in [6.45, 7) is 1.81. The number of amides is 1. The van der Waals surface area contributed by atoms with Crippen LogP contribution in [0.2, 0.25) is 5.02 Å². The van der Waals surface area contributed by atoms with Crippen molar-refractivity contribution in [2.75, 3.05) is 23.1 Å². The molecular formula is C22H22ClN3O3S2. The number of aryl methyl sites for hydroxylation is 1. The molecule has 162 valence electrons. The second-order valence-corrected chi connectivity index (χ2v) is 10.0. The summed E-state index contributed by atoms with van der Waals surface area (Å²) in [4.78, 5) is 17.0. The zero-order valence-electron chi connectivity index (χ0n) is 16.9. The van der Waals surface area contributed by atoms with E-state index in [0.717, 1.165) is 9.33 Å². The number of nitrogens with zero attached hydrogens (tertiary/aromatic N) is 2. The molecule has 1 amide bonds. The van der Waals surface area contributed by atoms with Gasteiger partial charge in [-0.25, -0.2) is 13.4 Å². The number of thioether (sulfide) groups is 1. The van der Waals surface area contributed by atoms with E-state index in [9.17, 15) is 13.2 Å². The lowest BCUT2D eigenvalue weighted by molar-refractivity contribution is -0.119. The predicted molar refractivity (Wildman–Crippen MR) is 125 cm³/mol. The third-order valence-electron chi connectivity index (χ3n) is 4.37. The molecule has 31 heavy (non-hydrogen) atoms. The summed E-state index contributed by atoms with van der Waals surface area (Å²) in [5, 5.41) is 4.03. The van der Waals surface area contributed by atoms with Crippen LogP contribution in [-0.4, -0.2) is 38.2 Å². The fraction of sp³-hybridized carbons (Fsp3) is 0.182. The molecule has 9 heteroatoms. The van der Waals surface area contributed by atoms with Crippen LogP contribution in [0, 0.1) is 6.92 Å². The first-order chi connectivity index (χ1) is 14.9. The number of benzene rings is 2. The topological polar surface area (TPSA) is 79.4 Å². The number of aromatic nitrogens is 1. The van der Waals surface area contributed by atoms with Gasteiger partial charge in [0.25, 0.3) is 10.0 Å². The Labute approximate surface area is 191 Å². The Balaban J connectivity index is 1.75. The summed E-state index contributed by atoms with van der Waals surface area (Å²) < 4.78 is 27.8. The summed E-state index contributed by atoms with van der Waals surface area (Å²) in [6.07, 6.45) is 1.71. The zero-order chi connectivity index (χ0) is 22.3. The van der Waals surface area contributed by atoms with Crippen molar-refractivity contribution < 1.29 is 13.2 Å². The maximum Gasteiger partial charge on any atom is 0.264 e. The molecule has 0 atom stereocenters. The Kier molecular flexibility index (Phi) is 7.95. The molecule has 0 fully saturated rings. The Morgan fingerprint density at radius 3 is 2.55 bits per heavy atom. The van der Waals surface area contributed by atoms with Crippen molar-refractivity contribution in [2.24, 2.45) is 0 Å². The van der Waals surface area contributed by atoms with Crippen molar-refractivity contribution in [3.63, 3.8) is 0 Å². The van der Waals surface area contributed by atoms with E-state index in [2.05, 4.69) is 10.3 Å². The first-order valence-electron chi connectivity index (χ1n) is 9.52. The highest BCUT2D eigenvalue weighted by Crippen LogP contribution is 2.29. The van der Waals surface area contributed by atoms with E-state index in [1.54, 1.807) is 49.5 Å². The van der Waals surface area contributed by atoms with E-state index in [1.165, 1.54) is 23.9 Å². The van der Waals surface area contributed by atoms with Crippen molar-refractivity contribution in [3.05, 3.63) is 83.5 Å². The molecule has 0 unspecified atom stereocenters. The Hall–Kier alpha value is -2.55. The predicted octanol–water partition coefficient (Wildman–Crippen LogP) is 4.15. The summed E-state index contributed by atoms with van der Waals surface area (Å²) in [5.74, 6) is 0.213. The van der Waals surface area contributed by atoms with Crippen LogP contribution in [0.15, 0.2) is 82.8 Å². The van der Waals surface area contributed by atoms with Gasteiger partial charge in [0.2, 0.25) is 5.91 Å². The van der Waals surface area contributed by atoms with Crippen molar-refractivity contribution in [1.29, 1.82) is 0 Å². The zero-order valence-corrected chi connectivity index (χ0v) is 19.3. The van der Waals surface area contributed by atoms with E-state index in [1.807, 2.05) is 18.2 Å². The molecule has 1 heterocycles. The van der Waals surface area contributed by atoms with Crippen LogP contribution in [0.1, 0.15) is 5.56 Å². The van der Waals surface area contributed by atoms with Gasteiger partial charge in [-0.2, -0.15) is 0 Å². The fourth-order valence-electron chi connectivity index (χ4n) is 2.84. The number of carbonyl (C=O) groups is 1. The van der Waals surface area contributed by atoms with Crippen molar-refractivity contribution >= 4 is 45.0 Å². The van der Waals surface area contributed by atoms with Crippen LogP contribution in [0.5, 0.6) is 0 Å². The van der Waals surface area contributed by atoms with Gasteiger partial charge in [-0.3, -0.25) is 9.10 Å². The molecule has 0 radical (unpaired) electrons. The highest BCUT2D eigenvalue weighted by molar-refractivity contribution is 7.99. The summed E-state index contributed by atoms with van der Waals surface area (Å²) >= 11 is 7.63. The van der Waals surface area contributed by atoms with Gasteiger partial charge in [-0.1, -0.05) is 41.9 Å². The number of halogens is 1. The fourth-order valence-corrected chi connectivity index (χ4v) is 5.22. The van der Waals surface area contributed by atoms with Crippen molar-refractivity contribution in [1.82, 2.24) is 10.3 Å². The molecule has 3 aromatic rings. The minimum absolute atomic E-state index is 0.105. The highest BCUT2D eigenvalue weighted by atomic mass is 35.5. The SMILES string of the molecule is Cc1ccc(Cl)cc1N(CC(=O)NCCSc1ccccn1)S(=O)(=O)c1ccccc1. The van der Waals surface area contributed by atoms with Crippen LogP contribution in [0.25, 0.3) is 0 Å². The lowest BCUT2D eigenvalue weighted by Gasteiger charge is -2.25. The van der Waals surface area contributed by atoms with Crippen LogP contribution in [0.3, 0.4) is 0 Å². The van der Waals surface area contributed by atoms with Gasteiger partial charge in [0.15, 0.2) is 0 Å². The average molecular weight is 476 g/mol. The molecule has 1 aromatic heterocycles. The van der Waals surface area contributed by atoms with Crippen LogP contribution >= 0.6 is 23.4 Å². The molecule has 3 rings (SSSR count). The smallest absolute Gasteiger partial charge is 0.264 e. The normalized spacial score (nSPS) is 11.2. The van der Waals surface area contributed by atoms with Gasteiger partial charge in [0.1, 0.15) is 6.54 Å². The Morgan fingerprint density at radius 1 is 1.10 bits per heavy atom. The summed E-state index contributed by atoms with van der Waals surface area (Å²) in [7, 11) is -3.96. The summed E-state index contributed by atoms with van der Waals surface area (Å²) in [5.41, 5.74) is 1.07. The van der Waals surface area contributed by atoms with Crippen LogP contribution < -0.4 is 9.62 Å². The second kappa shape index (κ2) is 10.7. The van der Waals surface area contributed by atoms with Gasteiger partial charge >= 0.3 is 0 Å². The van der Waals surface area contributed by atoms with Gasteiger partial charge in [-0.05, 0) is 48.9 Å². The van der Waals surface area contributed by atoms with E-state index in [-0.39, 0.29) is 11.4 Å². The molecule has 0 bridgehead atoms. The van der Waals surface area contributed by atoms with E-state index in [0.29, 0.717) is 28.6 Å². The van der Waals surface area contributed by atoms with Crippen LogP contribution in [-0.2, 0) is 14.8 Å². The molecular weight excluding hydrogens is 454 g/mol. The average Bonchev–Trinajstić information content (AvgIpc) is 2.78. The number of hydrogen-bond donors (Lipinski definition) is 1. The first kappa shape index (κ1) is 23.1. The maximum absolute atomic E-state index is 13.3. The minimum atomic E-state index is -3.96. The molecule has 0 saturated carbocycles. The van der Waals surface area contributed by atoms with Gasteiger partial charge in [0, 0.05) is 23.5 Å². The van der Waals surface area contributed by atoms with E-state index in [4.69, 9.17) is 11.6 Å². The molecule has 0 spiro atoms. The second-order valence-electron chi connectivity index (χ2n) is 6.62. The lowest BCUT2D eigenvalue weighted by atomic mass is 10.2. The highest BCUT2D eigenvalue weighted by Gasteiger charge is 2.28. The maximum atomic E-state index is 13.3. The van der Waals surface area contributed by atoms with E-state index < -0.39 is 15.9 Å². The third-order valence-corrected chi connectivity index (χ3v) is 7.32. The molecule has 0 saturated heterocycles. The molecule has 1 N–H and O–H groups in total. The number of sulfonamides is 1. The number of nitrogens with one attached hydrogen (secondary N) is 1. The lowest BCUT2D eigenvalue weighted by Crippen LogP contribution is -2.41. The molecule has 0 aliphatic carbocycles. The minimum Gasteiger partial charge on any atom is -0.354 e. The molecule has 0 aliphatic rings. The standard InChI is InChI=1S/C22H22ClN3O3S2/c1-17-10-11-18(23)15-20(17)26(31(28,29)19-7-3-2-4-8-19)16-21(27)24-13-14-30-22-9-5-6-12-25-22/h2-12,15H,13-14,16H2,1H3,(H,24,27). The van der Waals surface area contributed by atoms with Crippen LogP contribution in [0.4, 0.5) is 5.69 Å².